The SMILES string of the molecule is Cc1ccc([N+](=O)[O-])cc1S(=O)(=O)Nc1ccc(O)c(C(C(=O)OC(C)C)C(=O)C(F)(F)F)c1. The van der Waals surface area contributed by atoms with Gasteiger partial charge in [0, 0.05) is 23.4 Å². The number of carbonyl (C=O) groups excluding carboxylic acids is 2. The standard InChI is InChI=1S/C20H19F3N2O8S/c1-10(2)33-19(28)17(18(27)20(21,22)23)14-8-12(5-7-15(14)26)24-34(31,32)16-9-13(25(29)30)6-4-11(16)3/h4-10,17,24,26H,1-3H3. The number of aryl methyl sites for hydroxylation is 1. The van der Waals surface area contributed by atoms with Crippen LogP contribution in [0, 0.1) is 17.0 Å². The second-order valence-electron chi connectivity index (χ2n) is 7.37. The highest BCUT2D eigenvalue weighted by Crippen LogP contribution is 2.36. The van der Waals surface area contributed by atoms with Gasteiger partial charge in [0.05, 0.1) is 15.9 Å². The molecule has 1 atom stereocenters. The fraction of sp³-hybridized carbons (Fsp3) is 0.300. The summed E-state index contributed by atoms with van der Waals surface area (Å²) in [6.07, 6.45) is -6.36. The number of carbonyl (C=O) groups is 2. The van der Waals surface area contributed by atoms with E-state index in [0.717, 1.165) is 24.3 Å². The number of benzene rings is 2. The highest BCUT2D eigenvalue weighted by molar-refractivity contribution is 7.92. The Morgan fingerprint density at radius 3 is 2.29 bits per heavy atom. The molecular weight excluding hydrogens is 485 g/mol. The molecule has 0 bridgehead atoms. The van der Waals surface area contributed by atoms with Crippen LogP contribution in [0.3, 0.4) is 0 Å². The third-order valence-electron chi connectivity index (χ3n) is 4.39. The first-order chi connectivity index (χ1) is 15.5. The average Bonchev–Trinajstić information content (AvgIpc) is 2.69. The van der Waals surface area contributed by atoms with Crippen molar-refractivity contribution in [3.8, 4) is 5.75 Å². The third-order valence-corrected chi connectivity index (χ3v) is 5.92. The van der Waals surface area contributed by atoms with Gasteiger partial charge in [-0.2, -0.15) is 13.2 Å². The monoisotopic (exact) mass is 504 g/mol. The van der Waals surface area contributed by atoms with Crippen molar-refractivity contribution in [3.05, 3.63) is 57.6 Å². The van der Waals surface area contributed by atoms with E-state index in [1.54, 1.807) is 0 Å². The summed E-state index contributed by atoms with van der Waals surface area (Å²) in [6, 6.07) is 5.48. The summed E-state index contributed by atoms with van der Waals surface area (Å²) in [5, 5.41) is 21.1. The molecule has 34 heavy (non-hydrogen) atoms. The number of hydrogen-bond acceptors (Lipinski definition) is 8. The van der Waals surface area contributed by atoms with E-state index >= 15 is 0 Å². The molecule has 2 aromatic rings. The minimum absolute atomic E-state index is 0.128. The fourth-order valence-corrected chi connectivity index (χ4v) is 4.21. The first-order valence-electron chi connectivity index (χ1n) is 9.47. The summed E-state index contributed by atoms with van der Waals surface area (Å²) in [7, 11) is -4.50. The number of ether oxygens (including phenoxy) is 1. The number of aromatic hydroxyl groups is 1. The molecule has 0 saturated carbocycles. The summed E-state index contributed by atoms with van der Waals surface area (Å²) in [5.74, 6) is -7.63. The van der Waals surface area contributed by atoms with Crippen molar-refractivity contribution in [2.24, 2.45) is 0 Å². The van der Waals surface area contributed by atoms with E-state index in [1.807, 2.05) is 4.72 Å². The van der Waals surface area contributed by atoms with Gasteiger partial charge in [0.25, 0.3) is 21.5 Å². The molecule has 0 spiro atoms. The van der Waals surface area contributed by atoms with Crippen molar-refractivity contribution in [2.45, 2.75) is 43.9 Å². The van der Waals surface area contributed by atoms with Crippen molar-refractivity contribution in [1.29, 1.82) is 0 Å². The Bertz CT molecular complexity index is 1240. The van der Waals surface area contributed by atoms with E-state index in [9.17, 15) is 46.4 Å². The maximum atomic E-state index is 13.1. The van der Waals surface area contributed by atoms with E-state index in [0.29, 0.717) is 6.07 Å². The maximum Gasteiger partial charge on any atom is 0.451 e. The Morgan fingerprint density at radius 1 is 1.15 bits per heavy atom. The molecule has 184 valence electrons. The lowest BCUT2D eigenvalue weighted by Gasteiger charge is -2.20. The number of nitrogens with one attached hydrogen (secondary N) is 1. The van der Waals surface area contributed by atoms with Gasteiger partial charge in [-0.05, 0) is 44.5 Å². The minimum Gasteiger partial charge on any atom is -0.508 e. The number of anilines is 1. The van der Waals surface area contributed by atoms with E-state index < -0.39 is 72.5 Å². The van der Waals surface area contributed by atoms with Crippen molar-refractivity contribution in [3.63, 3.8) is 0 Å². The quantitative estimate of drug-likeness (QED) is 0.182. The van der Waals surface area contributed by atoms with Gasteiger partial charge in [-0.15, -0.1) is 0 Å². The predicted molar refractivity (Wildman–Crippen MR) is 112 cm³/mol. The lowest BCUT2D eigenvalue weighted by molar-refractivity contribution is -0.385. The number of nitrogens with zero attached hydrogens (tertiary/aromatic N) is 1. The molecule has 2 rings (SSSR count). The Labute approximate surface area is 191 Å². The zero-order valence-corrected chi connectivity index (χ0v) is 18.7. The number of nitro benzene ring substituents is 1. The molecule has 0 aliphatic rings. The molecule has 1 unspecified atom stereocenters. The molecule has 0 saturated heterocycles. The Hall–Kier alpha value is -3.68. The van der Waals surface area contributed by atoms with Gasteiger partial charge in [0.15, 0.2) is 5.92 Å². The molecule has 0 aliphatic carbocycles. The van der Waals surface area contributed by atoms with Gasteiger partial charge in [-0.1, -0.05) is 6.07 Å². The molecule has 0 aliphatic heterocycles. The highest BCUT2D eigenvalue weighted by atomic mass is 32.2. The number of halogens is 3. The zero-order chi connectivity index (χ0) is 26.0. The van der Waals surface area contributed by atoms with Crippen LogP contribution < -0.4 is 4.72 Å². The van der Waals surface area contributed by atoms with Crippen molar-refractivity contribution < 1.29 is 45.9 Å². The second-order valence-corrected chi connectivity index (χ2v) is 9.02. The number of hydrogen-bond donors (Lipinski definition) is 2. The zero-order valence-electron chi connectivity index (χ0n) is 17.9. The number of phenols is 1. The van der Waals surface area contributed by atoms with Crippen molar-refractivity contribution >= 4 is 33.2 Å². The molecule has 2 aromatic carbocycles. The van der Waals surface area contributed by atoms with Crippen LogP contribution in [0.2, 0.25) is 0 Å². The normalized spacial score (nSPS) is 12.8. The fourth-order valence-electron chi connectivity index (χ4n) is 2.89. The molecule has 0 fully saturated rings. The van der Waals surface area contributed by atoms with Gasteiger partial charge in [-0.25, -0.2) is 8.42 Å². The highest BCUT2D eigenvalue weighted by Gasteiger charge is 2.48. The van der Waals surface area contributed by atoms with Gasteiger partial charge in [0.2, 0.25) is 0 Å². The van der Waals surface area contributed by atoms with Gasteiger partial charge >= 0.3 is 12.1 Å². The Kier molecular flexibility index (Phi) is 7.56. The van der Waals surface area contributed by atoms with Crippen LogP contribution >= 0.6 is 0 Å². The maximum absolute atomic E-state index is 13.1. The largest absolute Gasteiger partial charge is 0.508 e. The number of rotatable bonds is 8. The van der Waals surface area contributed by atoms with Crippen LogP contribution in [0.4, 0.5) is 24.5 Å². The Morgan fingerprint density at radius 2 is 1.76 bits per heavy atom. The number of non-ortho nitro benzene ring substituents is 1. The van der Waals surface area contributed by atoms with Crippen LogP contribution in [0.25, 0.3) is 0 Å². The topological polar surface area (TPSA) is 153 Å². The van der Waals surface area contributed by atoms with Crippen LogP contribution in [-0.4, -0.2) is 42.5 Å². The van der Waals surface area contributed by atoms with Crippen LogP contribution in [-0.2, 0) is 24.3 Å². The smallest absolute Gasteiger partial charge is 0.451 e. The lowest BCUT2D eigenvalue weighted by Crippen LogP contribution is -2.35. The molecule has 0 aromatic heterocycles. The summed E-state index contributed by atoms with van der Waals surface area (Å²) in [4.78, 5) is 34.0. The number of nitro groups is 1. The van der Waals surface area contributed by atoms with Crippen LogP contribution in [0.15, 0.2) is 41.3 Å². The molecule has 0 heterocycles. The first-order valence-corrected chi connectivity index (χ1v) is 10.9. The van der Waals surface area contributed by atoms with E-state index in [-0.39, 0.29) is 5.56 Å². The molecule has 10 nitrogen and oxygen atoms in total. The molecular formula is C20H19F3N2O8S. The first kappa shape index (κ1) is 26.6. The Balaban J connectivity index is 2.56. The van der Waals surface area contributed by atoms with Gasteiger partial charge < -0.3 is 9.84 Å². The average molecular weight is 504 g/mol. The van der Waals surface area contributed by atoms with Gasteiger partial charge in [-0.3, -0.25) is 24.4 Å². The van der Waals surface area contributed by atoms with E-state index in [2.05, 4.69) is 0 Å². The summed E-state index contributed by atoms with van der Waals surface area (Å²) in [5.41, 5.74) is -1.66. The summed E-state index contributed by atoms with van der Waals surface area (Å²) < 4.78 is 71.8. The second kappa shape index (κ2) is 9.67. The van der Waals surface area contributed by atoms with E-state index in [1.165, 1.54) is 26.8 Å². The van der Waals surface area contributed by atoms with Crippen molar-refractivity contribution in [2.75, 3.05) is 4.72 Å². The van der Waals surface area contributed by atoms with Crippen LogP contribution in [0.1, 0.15) is 30.9 Å². The van der Waals surface area contributed by atoms with E-state index in [4.69, 9.17) is 4.74 Å². The molecule has 14 heteroatoms. The number of alkyl halides is 3. The summed E-state index contributed by atoms with van der Waals surface area (Å²) in [6.45, 7) is 4.03. The number of Topliss-reactive ketones (excluding diaryl/α,β-unsaturated/α-hetero) is 1. The predicted octanol–water partition coefficient (Wildman–Crippen LogP) is 3.58. The molecule has 2 N–H and O–H groups in total. The number of phenolic OH excluding ortho intramolecular Hbond substituents is 1. The lowest BCUT2D eigenvalue weighted by atomic mass is 9.93. The number of esters is 1. The molecule has 0 radical (unpaired) electrons. The number of sulfonamides is 1. The third kappa shape index (κ3) is 6.01. The summed E-state index contributed by atoms with van der Waals surface area (Å²) >= 11 is 0. The van der Waals surface area contributed by atoms with Crippen LogP contribution in [0.5, 0.6) is 5.75 Å². The number of ketones is 1. The molecule has 0 amide bonds. The minimum atomic E-state index is -5.47. The van der Waals surface area contributed by atoms with Gasteiger partial charge in [0.1, 0.15) is 5.75 Å². The van der Waals surface area contributed by atoms with Crippen molar-refractivity contribution in [1.82, 2.24) is 0 Å².